The maximum atomic E-state index is 5.60. The number of hydrogen-bond acceptors (Lipinski definition) is 6. The van der Waals surface area contributed by atoms with Gasteiger partial charge in [0.25, 0.3) is 0 Å². The van der Waals surface area contributed by atoms with Gasteiger partial charge in [-0.1, -0.05) is 0 Å². The fourth-order valence-electron chi connectivity index (χ4n) is 2.65. The van der Waals surface area contributed by atoms with Crippen LogP contribution in [0.15, 0.2) is 30.3 Å². The van der Waals surface area contributed by atoms with Crippen LogP contribution in [0.4, 0.5) is 5.69 Å². The van der Waals surface area contributed by atoms with Crippen molar-refractivity contribution >= 4 is 5.69 Å². The van der Waals surface area contributed by atoms with Crippen LogP contribution in [-0.2, 0) is 6.54 Å². The molecule has 6 heteroatoms. The Morgan fingerprint density at radius 2 is 1.62 bits per heavy atom. The van der Waals surface area contributed by atoms with Crippen molar-refractivity contribution in [3.05, 3.63) is 35.9 Å². The van der Waals surface area contributed by atoms with Crippen molar-refractivity contribution < 1.29 is 23.7 Å². The summed E-state index contributed by atoms with van der Waals surface area (Å²) in [6.45, 7) is 1.73. The van der Waals surface area contributed by atoms with E-state index in [2.05, 4.69) is 5.32 Å². The van der Waals surface area contributed by atoms with Crippen LogP contribution in [0.25, 0.3) is 0 Å². The molecule has 2 aromatic rings. The minimum absolute atomic E-state index is 0.569. The van der Waals surface area contributed by atoms with Gasteiger partial charge >= 0.3 is 0 Å². The minimum Gasteiger partial charge on any atom is -0.493 e. The Hall–Kier alpha value is -2.76. The van der Waals surface area contributed by atoms with E-state index in [1.165, 1.54) is 0 Å². The third-order valence-corrected chi connectivity index (χ3v) is 3.81. The number of rotatable bonds is 6. The van der Waals surface area contributed by atoms with Gasteiger partial charge in [0.15, 0.2) is 23.0 Å². The summed E-state index contributed by atoms with van der Waals surface area (Å²) in [6, 6.07) is 9.61. The number of nitrogens with one attached hydrogen (secondary N) is 1. The SMILES string of the molecule is COc1ccc(CNc2ccc3c(c2)OCCO3)c(OC)c1OC. The van der Waals surface area contributed by atoms with Crippen molar-refractivity contribution in [3.8, 4) is 28.7 Å². The van der Waals surface area contributed by atoms with E-state index >= 15 is 0 Å². The summed E-state index contributed by atoms with van der Waals surface area (Å²) in [5.41, 5.74) is 1.90. The fraction of sp³-hybridized carbons (Fsp3) is 0.333. The maximum absolute atomic E-state index is 5.60. The molecule has 0 bridgehead atoms. The average Bonchev–Trinajstić information content (AvgIpc) is 2.65. The Kier molecular flexibility index (Phi) is 4.84. The van der Waals surface area contributed by atoms with Gasteiger partial charge in [0.05, 0.1) is 21.3 Å². The summed E-state index contributed by atoms with van der Waals surface area (Å²) < 4.78 is 27.3. The predicted molar refractivity (Wildman–Crippen MR) is 90.9 cm³/mol. The van der Waals surface area contributed by atoms with E-state index in [1.54, 1.807) is 21.3 Å². The van der Waals surface area contributed by atoms with Crippen LogP contribution in [-0.4, -0.2) is 34.5 Å². The van der Waals surface area contributed by atoms with Crippen molar-refractivity contribution in [3.63, 3.8) is 0 Å². The minimum atomic E-state index is 0.569. The van der Waals surface area contributed by atoms with Gasteiger partial charge in [-0.3, -0.25) is 0 Å². The molecular weight excluding hydrogens is 310 g/mol. The van der Waals surface area contributed by atoms with Gasteiger partial charge < -0.3 is 29.0 Å². The van der Waals surface area contributed by atoms with E-state index in [0.717, 1.165) is 22.7 Å². The number of methoxy groups -OCH3 is 3. The zero-order valence-electron chi connectivity index (χ0n) is 14.0. The zero-order chi connectivity index (χ0) is 16.9. The van der Waals surface area contributed by atoms with Gasteiger partial charge in [-0.05, 0) is 24.3 Å². The van der Waals surface area contributed by atoms with Crippen LogP contribution in [0.2, 0.25) is 0 Å². The second-order valence-corrected chi connectivity index (χ2v) is 5.21. The summed E-state index contributed by atoms with van der Waals surface area (Å²) in [7, 11) is 4.81. The van der Waals surface area contributed by atoms with E-state index in [-0.39, 0.29) is 0 Å². The topological polar surface area (TPSA) is 58.2 Å². The molecule has 0 amide bonds. The van der Waals surface area contributed by atoms with E-state index in [1.807, 2.05) is 30.3 Å². The molecule has 1 aliphatic rings. The largest absolute Gasteiger partial charge is 0.493 e. The Morgan fingerprint density at radius 1 is 0.875 bits per heavy atom. The number of fused-ring (bicyclic) bond motifs is 1. The molecule has 24 heavy (non-hydrogen) atoms. The molecule has 1 N–H and O–H groups in total. The Balaban J connectivity index is 1.79. The zero-order valence-corrected chi connectivity index (χ0v) is 14.0. The van der Waals surface area contributed by atoms with Crippen molar-refractivity contribution in [1.82, 2.24) is 0 Å². The first-order chi connectivity index (χ1) is 11.8. The second-order valence-electron chi connectivity index (χ2n) is 5.21. The van der Waals surface area contributed by atoms with Crippen molar-refractivity contribution in [2.75, 3.05) is 39.9 Å². The summed E-state index contributed by atoms with van der Waals surface area (Å²) >= 11 is 0. The molecule has 2 aromatic carbocycles. The van der Waals surface area contributed by atoms with E-state index in [0.29, 0.717) is 37.0 Å². The van der Waals surface area contributed by atoms with Crippen molar-refractivity contribution in [2.24, 2.45) is 0 Å². The van der Waals surface area contributed by atoms with Gasteiger partial charge in [-0.15, -0.1) is 0 Å². The van der Waals surface area contributed by atoms with Gasteiger partial charge in [0.2, 0.25) is 5.75 Å². The number of hydrogen-bond donors (Lipinski definition) is 1. The smallest absolute Gasteiger partial charge is 0.203 e. The first-order valence-electron chi connectivity index (χ1n) is 7.68. The molecule has 0 saturated heterocycles. The van der Waals surface area contributed by atoms with Crippen LogP contribution in [0.5, 0.6) is 28.7 Å². The number of ether oxygens (including phenoxy) is 5. The monoisotopic (exact) mass is 331 g/mol. The van der Waals surface area contributed by atoms with Crippen LogP contribution < -0.4 is 29.0 Å². The Bertz CT molecular complexity index is 717. The van der Waals surface area contributed by atoms with Gasteiger partial charge in [-0.25, -0.2) is 0 Å². The molecule has 0 radical (unpaired) electrons. The lowest BCUT2D eigenvalue weighted by Crippen LogP contribution is -2.15. The third-order valence-electron chi connectivity index (χ3n) is 3.81. The molecule has 6 nitrogen and oxygen atoms in total. The highest BCUT2D eigenvalue weighted by Gasteiger charge is 2.16. The van der Waals surface area contributed by atoms with Crippen molar-refractivity contribution in [1.29, 1.82) is 0 Å². The Labute approximate surface area is 141 Å². The molecule has 0 fully saturated rings. The second kappa shape index (κ2) is 7.21. The highest BCUT2D eigenvalue weighted by atomic mass is 16.6. The first kappa shape index (κ1) is 16.1. The summed E-state index contributed by atoms with van der Waals surface area (Å²) in [5.74, 6) is 3.40. The normalized spacial score (nSPS) is 12.5. The average molecular weight is 331 g/mol. The molecule has 0 aromatic heterocycles. The molecule has 1 heterocycles. The lowest BCUT2D eigenvalue weighted by atomic mass is 10.1. The van der Waals surface area contributed by atoms with Gasteiger partial charge in [0, 0.05) is 23.9 Å². The Morgan fingerprint density at radius 3 is 2.33 bits per heavy atom. The predicted octanol–water partition coefficient (Wildman–Crippen LogP) is 3.10. The summed E-state index contributed by atoms with van der Waals surface area (Å²) in [6.07, 6.45) is 0. The maximum Gasteiger partial charge on any atom is 0.203 e. The first-order valence-corrected chi connectivity index (χ1v) is 7.68. The molecular formula is C18H21NO5. The molecule has 128 valence electrons. The summed E-state index contributed by atoms with van der Waals surface area (Å²) in [5, 5.41) is 3.36. The van der Waals surface area contributed by atoms with Crippen LogP contribution in [0.3, 0.4) is 0 Å². The van der Waals surface area contributed by atoms with Crippen LogP contribution >= 0.6 is 0 Å². The lowest BCUT2D eigenvalue weighted by molar-refractivity contribution is 0.171. The lowest BCUT2D eigenvalue weighted by Gasteiger charge is -2.20. The van der Waals surface area contributed by atoms with E-state index < -0.39 is 0 Å². The summed E-state index contributed by atoms with van der Waals surface area (Å²) in [4.78, 5) is 0. The molecule has 3 rings (SSSR count). The highest BCUT2D eigenvalue weighted by molar-refractivity contribution is 5.58. The van der Waals surface area contributed by atoms with Crippen molar-refractivity contribution in [2.45, 2.75) is 6.54 Å². The fourth-order valence-corrected chi connectivity index (χ4v) is 2.65. The van der Waals surface area contributed by atoms with E-state index in [9.17, 15) is 0 Å². The molecule has 0 saturated carbocycles. The van der Waals surface area contributed by atoms with Crippen LogP contribution in [0, 0.1) is 0 Å². The number of benzene rings is 2. The standard InChI is InChI=1S/C18H21NO5/c1-20-15-6-4-12(17(21-2)18(15)22-3)11-19-13-5-7-14-16(10-13)24-9-8-23-14/h4-7,10,19H,8-9,11H2,1-3H3. The van der Waals surface area contributed by atoms with Gasteiger partial charge in [0.1, 0.15) is 13.2 Å². The molecule has 0 spiro atoms. The van der Waals surface area contributed by atoms with E-state index in [4.69, 9.17) is 23.7 Å². The molecule has 0 atom stereocenters. The van der Waals surface area contributed by atoms with Gasteiger partial charge in [-0.2, -0.15) is 0 Å². The molecule has 0 aliphatic carbocycles. The quantitative estimate of drug-likeness (QED) is 0.878. The number of anilines is 1. The molecule has 1 aliphatic heterocycles. The highest BCUT2D eigenvalue weighted by Crippen LogP contribution is 2.40. The molecule has 0 unspecified atom stereocenters. The third kappa shape index (κ3) is 3.13. The van der Waals surface area contributed by atoms with Crippen LogP contribution in [0.1, 0.15) is 5.56 Å².